The minimum Gasteiger partial charge on any atom is -0.392 e. The maximum atomic E-state index is 9.58. The number of aromatic nitrogens is 2. The molecule has 1 heterocycles. The van der Waals surface area contributed by atoms with E-state index in [1.807, 2.05) is 26.8 Å². The van der Waals surface area contributed by atoms with Crippen LogP contribution in [-0.2, 0) is 0 Å². The summed E-state index contributed by atoms with van der Waals surface area (Å²) in [5.74, 6) is 0.288. The number of rotatable bonds is 5. The monoisotopic (exact) mass is 197 g/mol. The van der Waals surface area contributed by atoms with Crippen LogP contribution in [0.4, 0.5) is 0 Å². The third-order valence-electron chi connectivity index (χ3n) is 2.39. The Kier molecular flexibility index (Phi) is 4.10. The third-order valence-corrected chi connectivity index (χ3v) is 2.39. The number of aromatic amines is 1. The van der Waals surface area contributed by atoms with E-state index < -0.39 is 0 Å². The summed E-state index contributed by atoms with van der Waals surface area (Å²) in [6.45, 7) is 6.67. The predicted molar refractivity (Wildman–Crippen MR) is 55.9 cm³/mol. The number of nitrogens with one attached hydrogen (secondary N) is 2. The van der Waals surface area contributed by atoms with E-state index in [4.69, 9.17) is 0 Å². The number of hydrogen-bond acceptors (Lipinski definition) is 3. The highest BCUT2D eigenvalue weighted by Crippen LogP contribution is 2.08. The van der Waals surface area contributed by atoms with Crippen LogP contribution in [-0.4, -0.2) is 28.0 Å². The van der Waals surface area contributed by atoms with Crippen LogP contribution >= 0.6 is 0 Å². The first-order valence-corrected chi connectivity index (χ1v) is 5.02. The SMILES string of the molecule is CC(NCC(O)C(C)C)c1ccn[nH]1. The van der Waals surface area contributed by atoms with Gasteiger partial charge in [0.2, 0.25) is 0 Å². The van der Waals surface area contributed by atoms with Crippen molar-refractivity contribution < 1.29 is 5.11 Å². The van der Waals surface area contributed by atoms with Crippen molar-refractivity contribution in [2.75, 3.05) is 6.54 Å². The van der Waals surface area contributed by atoms with Gasteiger partial charge in [-0.2, -0.15) is 5.10 Å². The van der Waals surface area contributed by atoms with E-state index in [0.29, 0.717) is 6.54 Å². The molecule has 0 aliphatic heterocycles. The van der Waals surface area contributed by atoms with E-state index in [1.165, 1.54) is 0 Å². The molecule has 3 N–H and O–H groups in total. The number of aliphatic hydroxyl groups excluding tert-OH is 1. The van der Waals surface area contributed by atoms with Gasteiger partial charge < -0.3 is 10.4 Å². The Labute approximate surface area is 84.7 Å². The van der Waals surface area contributed by atoms with Gasteiger partial charge in [0.15, 0.2) is 0 Å². The molecule has 0 radical (unpaired) electrons. The number of nitrogens with zero attached hydrogens (tertiary/aromatic N) is 1. The Balaban J connectivity index is 2.32. The maximum Gasteiger partial charge on any atom is 0.0687 e. The molecule has 0 saturated heterocycles. The first kappa shape index (κ1) is 11.2. The first-order chi connectivity index (χ1) is 6.61. The zero-order valence-corrected chi connectivity index (χ0v) is 8.99. The zero-order chi connectivity index (χ0) is 10.6. The van der Waals surface area contributed by atoms with Crippen molar-refractivity contribution in [3.05, 3.63) is 18.0 Å². The van der Waals surface area contributed by atoms with Crippen LogP contribution in [0.1, 0.15) is 32.5 Å². The number of aliphatic hydroxyl groups is 1. The van der Waals surface area contributed by atoms with Crippen LogP contribution in [0.3, 0.4) is 0 Å². The Morgan fingerprint density at radius 2 is 2.21 bits per heavy atom. The molecule has 1 rings (SSSR count). The van der Waals surface area contributed by atoms with Gasteiger partial charge >= 0.3 is 0 Å². The van der Waals surface area contributed by atoms with E-state index in [0.717, 1.165) is 5.69 Å². The largest absolute Gasteiger partial charge is 0.392 e. The van der Waals surface area contributed by atoms with Gasteiger partial charge in [0.1, 0.15) is 0 Å². The van der Waals surface area contributed by atoms with Gasteiger partial charge in [0.05, 0.1) is 11.8 Å². The topological polar surface area (TPSA) is 60.9 Å². The van der Waals surface area contributed by atoms with Gasteiger partial charge in [-0.1, -0.05) is 13.8 Å². The summed E-state index contributed by atoms with van der Waals surface area (Å²) < 4.78 is 0. The molecular formula is C10H19N3O. The van der Waals surface area contributed by atoms with Crippen molar-refractivity contribution in [2.45, 2.75) is 32.9 Å². The normalized spacial score (nSPS) is 15.8. The molecule has 80 valence electrons. The van der Waals surface area contributed by atoms with Crippen LogP contribution in [0, 0.1) is 5.92 Å². The van der Waals surface area contributed by atoms with Crippen molar-refractivity contribution in [3.63, 3.8) is 0 Å². The third kappa shape index (κ3) is 3.12. The fourth-order valence-electron chi connectivity index (χ4n) is 1.15. The van der Waals surface area contributed by atoms with E-state index in [2.05, 4.69) is 15.5 Å². The van der Waals surface area contributed by atoms with Crippen molar-refractivity contribution in [3.8, 4) is 0 Å². The fourth-order valence-corrected chi connectivity index (χ4v) is 1.15. The lowest BCUT2D eigenvalue weighted by Crippen LogP contribution is -2.32. The molecule has 0 fully saturated rings. The van der Waals surface area contributed by atoms with E-state index in [1.54, 1.807) is 6.20 Å². The number of hydrogen-bond donors (Lipinski definition) is 3. The summed E-state index contributed by atoms with van der Waals surface area (Å²) in [6.07, 6.45) is 1.44. The average molecular weight is 197 g/mol. The highest BCUT2D eigenvalue weighted by Gasteiger charge is 2.11. The minimum atomic E-state index is -0.291. The second kappa shape index (κ2) is 5.12. The molecule has 4 nitrogen and oxygen atoms in total. The molecule has 1 aromatic rings. The van der Waals surface area contributed by atoms with Crippen molar-refractivity contribution in [2.24, 2.45) is 5.92 Å². The van der Waals surface area contributed by atoms with Gasteiger partial charge in [-0.3, -0.25) is 5.10 Å². The van der Waals surface area contributed by atoms with Crippen molar-refractivity contribution in [1.29, 1.82) is 0 Å². The lowest BCUT2D eigenvalue weighted by Gasteiger charge is -2.18. The lowest BCUT2D eigenvalue weighted by atomic mass is 10.1. The summed E-state index contributed by atoms with van der Waals surface area (Å²) in [5, 5.41) is 19.6. The van der Waals surface area contributed by atoms with Crippen LogP contribution < -0.4 is 5.32 Å². The number of H-pyrrole nitrogens is 1. The minimum absolute atomic E-state index is 0.200. The summed E-state index contributed by atoms with van der Waals surface area (Å²) in [4.78, 5) is 0. The standard InChI is InChI=1S/C10H19N3O/c1-7(2)10(14)6-11-8(3)9-4-5-12-13-9/h4-5,7-8,10-11,14H,6H2,1-3H3,(H,12,13). The second-order valence-electron chi connectivity index (χ2n) is 3.95. The smallest absolute Gasteiger partial charge is 0.0687 e. The molecule has 0 spiro atoms. The summed E-state index contributed by atoms with van der Waals surface area (Å²) in [7, 11) is 0. The molecule has 2 unspecified atom stereocenters. The first-order valence-electron chi connectivity index (χ1n) is 5.02. The maximum absolute atomic E-state index is 9.58. The van der Waals surface area contributed by atoms with Crippen LogP contribution in [0.15, 0.2) is 12.3 Å². The van der Waals surface area contributed by atoms with Gasteiger partial charge in [-0.05, 0) is 18.9 Å². The summed E-state index contributed by atoms with van der Waals surface area (Å²) >= 11 is 0. The Bertz CT molecular complexity index is 246. The Hall–Kier alpha value is -0.870. The molecule has 0 aliphatic rings. The highest BCUT2D eigenvalue weighted by molar-refractivity contribution is 5.02. The van der Waals surface area contributed by atoms with Gasteiger partial charge in [-0.15, -0.1) is 0 Å². The molecular weight excluding hydrogens is 178 g/mol. The van der Waals surface area contributed by atoms with Gasteiger partial charge in [0.25, 0.3) is 0 Å². The molecule has 4 heteroatoms. The molecule has 0 aromatic carbocycles. The molecule has 2 atom stereocenters. The second-order valence-corrected chi connectivity index (χ2v) is 3.95. The Morgan fingerprint density at radius 3 is 2.71 bits per heavy atom. The van der Waals surface area contributed by atoms with E-state index in [9.17, 15) is 5.11 Å². The molecule has 1 aromatic heterocycles. The van der Waals surface area contributed by atoms with Crippen LogP contribution in [0.5, 0.6) is 0 Å². The quantitative estimate of drug-likeness (QED) is 0.662. The highest BCUT2D eigenvalue weighted by atomic mass is 16.3. The van der Waals surface area contributed by atoms with Gasteiger partial charge in [-0.25, -0.2) is 0 Å². The van der Waals surface area contributed by atoms with E-state index in [-0.39, 0.29) is 18.1 Å². The average Bonchev–Trinajstić information content (AvgIpc) is 2.66. The molecule has 0 bridgehead atoms. The van der Waals surface area contributed by atoms with Crippen LogP contribution in [0.25, 0.3) is 0 Å². The van der Waals surface area contributed by atoms with E-state index >= 15 is 0 Å². The summed E-state index contributed by atoms with van der Waals surface area (Å²) in [5.41, 5.74) is 1.04. The van der Waals surface area contributed by atoms with Gasteiger partial charge in [0, 0.05) is 18.8 Å². The zero-order valence-electron chi connectivity index (χ0n) is 8.99. The van der Waals surface area contributed by atoms with Crippen LogP contribution in [0.2, 0.25) is 0 Å². The molecule has 0 amide bonds. The van der Waals surface area contributed by atoms with Crippen molar-refractivity contribution >= 4 is 0 Å². The molecule has 14 heavy (non-hydrogen) atoms. The summed E-state index contributed by atoms with van der Waals surface area (Å²) in [6, 6.07) is 2.13. The fraction of sp³-hybridized carbons (Fsp3) is 0.700. The lowest BCUT2D eigenvalue weighted by molar-refractivity contribution is 0.120. The Morgan fingerprint density at radius 1 is 1.50 bits per heavy atom. The molecule has 0 aliphatic carbocycles. The van der Waals surface area contributed by atoms with Crippen molar-refractivity contribution in [1.82, 2.24) is 15.5 Å². The molecule has 0 saturated carbocycles. The predicted octanol–water partition coefficient (Wildman–Crippen LogP) is 1.08.